The second-order valence-electron chi connectivity index (χ2n) is 5.49. The molecule has 138 valence electrons. The van der Waals surface area contributed by atoms with Crippen LogP contribution < -0.4 is 5.32 Å². The lowest BCUT2D eigenvalue weighted by Gasteiger charge is -2.18. The largest absolute Gasteiger partial charge is 0.452 e. The van der Waals surface area contributed by atoms with Gasteiger partial charge in [-0.2, -0.15) is 0 Å². The van der Waals surface area contributed by atoms with Crippen molar-refractivity contribution >= 4 is 34.8 Å². The maximum atomic E-state index is 13.2. The van der Waals surface area contributed by atoms with Crippen molar-refractivity contribution in [3.8, 4) is 0 Å². The number of pyridine rings is 1. The van der Waals surface area contributed by atoms with E-state index in [2.05, 4.69) is 10.3 Å². The molecule has 1 aromatic carbocycles. The Hall–Kier alpha value is -2.77. The van der Waals surface area contributed by atoms with Gasteiger partial charge in [-0.25, -0.2) is 14.2 Å². The van der Waals surface area contributed by atoms with Crippen LogP contribution in [0.1, 0.15) is 26.8 Å². The van der Waals surface area contributed by atoms with Crippen LogP contribution in [0.25, 0.3) is 0 Å². The Bertz CT molecular complexity index is 932. The Kier molecular flexibility index (Phi) is 6.16. The van der Waals surface area contributed by atoms with E-state index < -0.39 is 24.5 Å². The van der Waals surface area contributed by atoms with Crippen molar-refractivity contribution in [2.45, 2.75) is 6.04 Å². The number of rotatable bonds is 6. The lowest BCUT2D eigenvalue weighted by Crippen LogP contribution is -2.32. The van der Waals surface area contributed by atoms with E-state index in [0.29, 0.717) is 5.56 Å². The van der Waals surface area contributed by atoms with Crippen molar-refractivity contribution in [3.63, 3.8) is 0 Å². The molecule has 0 aliphatic heterocycles. The topological polar surface area (TPSA) is 68.3 Å². The molecule has 5 nitrogen and oxygen atoms in total. The summed E-state index contributed by atoms with van der Waals surface area (Å²) < 4.78 is 18.2. The maximum Gasteiger partial charge on any atom is 0.341 e. The molecule has 0 saturated carbocycles. The van der Waals surface area contributed by atoms with Gasteiger partial charge in [-0.05, 0) is 41.3 Å². The van der Waals surface area contributed by atoms with Gasteiger partial charge in [0.25, 0.3) is 5.91 Å². The third-order valence-corrected chi connectivity index (χ3v) is 4.89. The van der Waals surface area contributed by atoms with E-state index in [1.807, 2.05) is 17.5 Å². The van der Waals surface area contributed by atoms with Crippen molar-refractivity contribution in [3.05, 3.63) is 87.1 Å². The highest BCUT2D eigenvalue weighted by Gasteiger charge is 2.20. The van der Waals surface area contributed by atoms with Crippen molar-refractivity contribution in [2.75, 3.05) is 6.61 Å². The van der Waals surface area contributed by atoms with Crippen LogP contribution in [-0.2, 0) is 9.53 Å². The van der Waals surface area contributed by atoms with Gasteiger partial charge in [0.15, 0.2) is 6.61 Å². The third kappa shape index (κ3) is 4.90. The van der Waals surface area contributed by atoms with Crippen molar-refractivity contribution in [1.82, 2.24) is 10.3 Å². The van der Waals surface area contributed by atoms with Gasteiger partial charge in [0.2, 0.25) is 0 Å². The highest BCUT2D eigenvalue weighted by atomic mass is 35.5. The van der Waals surface area contributed by atoms with E-state index in [9.17, 15) is 14.0 Å². The quantitative estimate of drug-likeness (QED) is 0.498. The first-order valence-corrected chi connectivity index (χ1v) is 9.16. The van der Waals surface area contributed by atoms with Gasteiger partial charge in [-0.1, -0.05) is 29.8 Å². The number of carbonyl (C=O) groups excluding carboxylic acids is 2. The summed E-state index contributed by atoms with van der Waals surface area (Å²) in [6.07, 6.45) is 1.44. The summed E-state index contributed by atoms with van der Waals surface area (Å²) in [6, 6.07) is 12.1. The Morgan fingerprint density at radius 3 is 2.63 bits per heavy atom. The minimum atomic E-state index is -0.738. The van der Waals surface area contributed by atoms with Gasteiger partial charge >= 0.3 is 5.97 Å². The molecule has 2 aromatic heterocycles. The second kappa shape index (κ2) is 8.75. The minimum Gasteiger partial charge on any atom is -0.452 e. The van der Waals surface area contributed by atoms with Crippen molar-refractivity contribution < 1.29 is 18.7 Å². The molecule has 0 radical (unpaired) electrons. The molecule has 0 aliphatic carbocycles. The third-order valence-electron chi connectivity index (χ3n) is 3.65. The maximum absolute atomic E-state index is 13.2. The van der Waals surface area contributed by atoms with E-state index >= 15 is 0 Å². The average Bonchev–Trinajstić information content (AvgIpc) is 3.20. The predicted octanol–water partition coefficient (Wildman–Crippen LogP) is 4.00. The van der Waals surface area contributed by atoms with Crippen molar-refractivity contribution in [1.29, 1.82) is 0 Å². The Morgan fingerprint density at radius 1 is 1.19 bits per heavy atom. The number of amides is 1. The van der Waals surface area contributed by atoms with Gasteiger partial charge in [0, 0.05) is 11.1 Å². The molecule has 0 bridgehead atoms. The summed E-state index contributed by atoms with van der Waals surface area (Å²) in [5.74, 6) is -1.60. The lowest BCUT2D eigenvalue weighted by molar-refractivity contribution is -0.124. The molecule has 3 aromatic rings. The zero-order valence-corrected chi connectivity index (χ0v) is 15.5. The van der Waals surface area contributed by atoms with E-state index in [-0.39, 0.29) is 16.5 Å². The summed E-state index contributed by atoms with van der Waals surface area (Å²) in [4.78, 5) is 29.0. The van der Waals surface area contributed by atoms with Gasteiger partial charge in [0.05, 0.1) is 11.6 Å². The van der Waals surface area contributed by atoms with E-state index in [1.165, 1.54) is 35.7 Å². The van der Waals surface area contributed by atoms with E-state index in [0.717, 1.165) is 4.88 Å². The molecule has 3 rings (SSSR count). The zero-order chi connectivity index (χ0) is 19.2. The fourth-order valence-corrected chi connectivity index (χ4v) is 3.38. The molecule has 1 N–H and O–H groups in total. The van der Waals surface area contributed by atoms with Crippen LogP contribution in [0, 0.1) is 5.82 Å². The molecule has 1 atom stereocenters. The van der Waals surface area contributed by atoms with Crippen LogP contribution in [0.5, 0.6) is 0 Å². The number of nitrogens with zero attached hydrogens (tertiary/aromatic N) is 1. The molecule has 1 amide bonds. The summed E-state index contributed by atoms with van der Waals surface area (Å²) >= 11 is 7.29. The first-order valence-electron chi connectivity index (χ1n) is 7.90. The smallest absolute Gasteiger partial charge is 0.341 e. The number of thiophene rings is 1. The molecule has 0 aliphatic rings. The Morgan fingerprint density at radius 2 is 1.96 bits per heavy atom. The minimum absolute atomic E-state index is 0.00526. The Balaban J connectivity index is 1.67. The van der Waals surface area contributed by atoms with Gasteiger partial charge < -0.3 is 10.1 Å². The van der Waals surface area contributed by atoms with Crippen LogP contribution in [-0.4, -0.2) is 23.5 Å². The summed E-state index contributed by atoms with van der Waals surface area (Å²) in [5, 5.41) is 4.68. The molecule has 8 heteroatoms. The molecular formula is C19H14ClFN2O3S. The van der Waals surface area contributed by atoms with Crippen molar-refractivity contribution in [2.24, 2.45) is 0 Å². The fraction of sp³-hybridized carbons (Fsp3) is 0.105. The monoisotopic (exact) mass is 404 g/mol. The number of hydrogen-bond acceptors (Lipinski definition) is 5. The molecule has 0 fully saturated rings. The number of halogens is 2. The lowest BCUT2D eigenvalue weighted by atomic mass is 10.1. The summed E-state index contributed by atoms with van der Waals surface area (Å²) in [5.41, 5.74) is 0.800. The number of nitrogens with one attached hydrogen (secondary N) is 1. The number of carbonyl (C=O) groups is 2. The number of esters is 1. The van der Waals surface area contributed by atoms with Crippen LogP contribution in [0.2, 0.25) is 5.15 Å². The van der Waals surface area contributed by atoms with Crippen LogP contribution in [0.15, 0.2) is 60.1 Å². The first kappa shape index (κ1) is 19.0. The van der Waals surface area contributed by atoms with Crippen LogP contribution in [0.3, 0.4) is 0 Å². The molecule has 2 heterocycles. The molecular weight excluding hydrogens is 391 g/mol. The average molecular weight is 405 g/mol. The highest BCUT2D eigenvalue weighted by molar-refractivity contribution is 7.10. The normalized spacial score (nSPS) is 11.6. The molecule has 0 saturated heterocycles. The van der Waals surface area contributed by atoms with Crippen LogP contribution >= 0.6 is 22.9 Å². The molecule has 0 unspecified atom stereocenters. The SMILES string of the molecule is O=C(COC(=O)c1cccnc1Cl)N[C@@H](c1ccc(F)cc1)c1cccs1. The predicted molar refractivity (Wildman–Crippen MR) is 100 cm³/mol. The standard InChI is InChI=1S/C19H14ClFN2O3S/c20-18-14(3-1-9-22-18)19(25)26-11-16(24)23-17(15-4-2-10-27-15)12-5-7-13(21)8-6-12/h1-10,17H,11H2,(H,23,24)/t17-/m0/s1. The number of ether oxygens (including phenoxy) is 1. The number of aromatic nitrogens is 1. The fourth-order valence-electron chi connectivity index (χ4n) is 2.38. The van der Waals surface area contributed by atoms with Gasteiger partial charge in [-0.15, -0.1) is 11.3 Å². The highest BCUT2D eigenvalue weighted by Crippen LogP contribution is 2.26. The summed E-state index contributed by atoms with van der Waals surface area (Å²) in [7, 11) is 0. The number of benzene rings is 1. The van der Waals surface area contributed by atoms with Gasteiger partial charge in [-0.3, -0.25) is 4.79 Å². The second-order valence-corrected chi connectivity index (χ2v) is 6.82. The zero-order valence-electron chi connectivity index (χ0n) is 13.9. The van der Waals surface area contributed by atoms with Gasteiger partial charge in [0.1, 0.15) is 11.0 Å². The Labute approximate surface area is 163 Å². The van der Waals surface area contributed by atoms with Crippen LogP contribution in [0.4, 0.5) is 4.39 Å². The summed E-state index contributed by atoms with van der Waals surface area (Å²) in [6.45, 7) is -0.479. The van der Waals surface area contributed by atoms with E-state index in [1.54, 1.807) is 18.2 Å². The number of hydrogen-bond donors (Lipinski definition) is 1. The molecule has 27 heavy (non-hydrogen) atoms. The molecule has 0 spiro atoms. The van der Waals surface area contributed by atoms with E-state index in [4.69, 9.17) is 16.3 Å². The first-order chi connectivity index (χ1) is 13.0.